The molecule has 2 aromatic rings. The second-order valence-electron chi connectivity index (χ2n) is 4.99. The summed E-state index contributed by atoms with van der Waals surface area (Å²) in [6.07, 6.45) is 1.23. The van der Waals surface area contributed by atoms with Crippen LogP contribution >= 0.6 is 0 Å². The maximum atomic E-state index is 5.58. The molecule has 3 heteroatoms. The monoisotopic (exact) mass is 244 g/mol. The molecule has 1 fully saturated rings. The van der Waals surface area contributed by atoms with E-state index in [0.29, 0.717) is 12.5 Å². The maximum Gasteiger partial charge on any atom is 0.120 e. The van der Waals surface area contributed by atoms with Crippen LogP contribution in [0.4, 0.5) is 0 Å². The predicted molar refractivity (Wildman–Crippen MR) is 74.4 cm³/mol. The van der Waals surface area contributed by atoms with E-state index in [1.165, 1.54) is 28.6 Å². The van der Waals surface area contributed by atoms with Crippen molar-refractivity contribution in [3.8, 4) is 5.75 Å². The van der Waals surface area contributed by atoms with Crippen LogP contribution in [0.15, 0.2) is 18.2 Å². The molecule has 0 spiro atoms. The van der Waals surface area contributed by atoms with Crippen molar-refractivity contribution in [3.05, 3.63) is 29.5 Å². The SMILES string of the molecule is CCOc1ccc2[nH]c(C3CCNC3)c(C)c2c1. The first-order chi connectivity index (χ1) is 8.79. The summed E-state index contributed by atoms with van der Waals surface area (Å²) in [6, 6.07) is 6.31. The Labute approximate surface area is 108 Å². The highest BCUT2D eigenvalue weighted by Crippen LogP contribution is 2.32. The summed E-state index contributed by atoms with van der Waals surface area (Å²) in [4.78, 5) is 3.58. The van der Waals surface area contributed by atoms with E-state index in [2.05, 4.69) is 29.4 Å². The van der Waals surface area contributed by atoms with Crippen molar-refractivity contribution in [2.24, 2.45) is 0 Å². The number of nitrogens with one attached hydrogen (secondary N) is 2. The Kier molecular flexibility index (Phi) is 3.00. The number of aryl methyl sites for hydroxylation is 1. The van der Waals surface area contributed by atoms with E-state index in [0.717, 1.165) is 18.8 Å². The van der Waals surface area contributed by atoms with Crippen LogP contribution < -0.4 is 10.1 Å². The van der Waals surface area contributed by atoms with Crippen LogP contribution in [0.25, 0.3) is 10.9 Å². The van der Waals surface area contributed by atoms with Gasteiger partial charge in [0.15, 0.2) is 0 Å². The molecule has 1 atom stereocenters. The van der Waals surface area contributed by atoms with E-state index in [4.69, 9.17) is 4.74 Å². The van der Waals surface area contributed by atoms with Crippen LogP contribution in [0, 0.1) is 6.92 Å². The Morgan fingerprint density at radius 2 is 2.28 bits per heavy atom. The zero-order chi connectivity index (χ0) is 12.5. The fourth-order valence-electron chi connectivity index (χ4n) is 2.89. The first-order valence-corrected chi connectivity index (χ1v) is 6.75. The minimum Gasteiger partial charge on any atom is -0.494 e. The summed E-state index contributed by atoms with van der Waals surface area (Å²) in [7, 11) is 0. The lowest BCUT2D eigenvalue weighted by atomic mass is 10.0. The van der Waals surface area contributed by atoms with Gasteiger partial charge in [-0.1, -0.05) is 0 Å². The van der Waals surface area contributed by atoms with Gasteiger partial charge < -0.3 is 15.0 Å². The largest absolute Gasteiger partial charge is 0.494 e. The first kappa shape index (κ1) is 11.6. The van der Waals surface area contributed by atoms with E-state index in [1.54, 1.807) is 0 Å². The van der Waals surface area contributed by atoms with Crippen molar-refractivity contribution in [1.29, 1.82) is 0 Å². The Hall–Kier alpha value is -1.48. The number of H-pyrrole nitrogens is 1. The predicted octanol–water partition coefficient (Wildman–Crippen LogP) is 2.95. The van der Waals surface area contributed by atoms with Crippen molar-refractivity contribution < 1.29 is 4.74 Å². The molecule has 0 saturated carbocycles. The molecule has 1 saturated heterocycles. The average Bonchev–Trinajstić information content (AvgIpc) is 2.99. The van der Waals surface area contributed by atoms with Crippen LogP contribution in [0.2, 0.25) is 0 Å². The lowest BCUT2D eigenvalue weighted by molar-refractivity contribution is 0.340. The van der Waals surface area contributed by atoms with Crippen molar-refractivity contribution in [2.75, 3.05) is 19.7 Å². The topological polar surface area (TPSA) is 37.0 Å². The van der Waals surface area contributed by atoms with E-state index < -0.39 is 0 Å². The molecular weight excluding hydrogens is 224 g/mol. The normalized spacial score (nSPS) is 19.6. The van der Waals surface area contributed by atoms with Gasteiger partial charge in [-0.15, -0.1) is 0 Å². The lowest BCUT2D eigenvalue weighted by Gasteiger charge is -2.07. The molecule has 2 N–H and O–H groups in total. The number of fused-ring (bicyclic) bond motifs is 1. The third kappa shape index (κ3) is 1.89. The fraction of sp³-hybridized carbons (Fsp3) is 0.467. The van der Waals surface area contributed by atoms with Gasteiger partial charge in [-0.25, -0.2) is 0 Å². The summed E-state index contributed by atoms with van der Waals surface area (Å²) in [5.74, 6) is 1.59. The summed E-state index contributed by atoms with van der Waals surface area (Å²) < 4.78 is 5.58. The molecule has 2 heterocycles. The Morgan fingerprint density at radius 1 is 1.39 bits per heavy atom. The van der Waals surface area contributed by atoms with Gasteiger partial charge in [0.2, 0.25) is 0 Å². The second kappa shape index (κ2) is 4.65. The fourth-order valence-corrected chi connectivity index (χ4v) is 2.89. The van der Waals surface area contributed by atoms with Crippen LogP contribution in [0.3, 0.4) is 0 Å². The molecule has 18 heavy (non-hydrogen) atoms. The molecule has 0 amide bonds. The molecule has 0 bridgehead atoms. The van der Waals surface area contributed by atoms with Gasteiger partial charge in [0.05, 0.1) is 6.61 Å². The van der Waals surface area contributed by atoms with Gasteiger partial charge in [-0.2, -0.15) is 0 Å². The van der Waals surface area contributed by atoms with Crippen molar-refractivity contribution >= 4 is 10.9 Å². The van der Waals surface area contributed by atoms with Crippen molar-refractivity contribution in [1.82, 2.24) is 10.3 Å². The van der Waals surface area contributed by atoms with Gasteiger partial charge in [0.25, 0.3) is 0 Å². The zero-order valence-electron chi connectivity index (χ0n) is 11.0. The smallest absolute Gasteiger partial charge is 0.120 e. The number of benzene rings is 1. The van der Waals surface area contributed by atoms with Gasteiger partial charge >= 0.3 is 0 Å². The van der Waals surface area contributed by atoms with Crippen molar-refractivity contribution in [2.45, 2.75) is 26.2 Å². The number of ether oxygens (including phenoxy) is 1. The summed E-state index contributed by atoms with van der Waals surface area (Å²) >= 11 is 0. The number of aromatic nitrogens is 1. The first-order valence-electron chi connectivity index (χ1n) is 6.75. The molecular formula is C15H20N2O. The van der Waals surface area contributed by atoms with E-state index >= 15 is 0 Å². The molecule has 1 aromatic carbocycles. The molecule has 3 rings (SSSR count). The number of rotatable bonds is 3. The van der Waals surface area contributed by atoms with Gasteiger partial charge in [-0.05, 0) is 50.6 Å². The number of hydrogen-bond donors (Lipinski definition) is 2. The highest BCUT2D eigenvalue weighted by atomic mass is 16.5. The Balaban J connectivity index is 2.04. The molecule has 1 unspecified atom stereocenters. The quantitative estimate of drug-likeness (QED) is 0.871. The lowest BCUT2D eigenvalue weighted by Crippen LogP contribution is -2.08. The third-order valence-electron chi connectivity index (χ3n) is 3.85. The molecule has 0 aliphatic carbocycles. The molecule has 3 nitrogen and oxygen atoms in total. The zero-order valence-corrected chi connectivity index (χ0v) is 11.0. The third-order valence-corrected chi connectivity index (χ3v) is 3.85. The van der Waals surface area contributed by atoms with Gasteiger partial charge in [0, 0.05) is 29.1 Å². The molecule has 1 aliphatic rings. The Morgan fingerprint density at radius 3 is 3.00 bits per heavy atom. The highest BCUT2D eigenvalue weighted by Gasteiger charge is 2.21. The van der Waals surface area contributed by atoms with Crippen LogP contribution in [0.1, 0.15) is 30.5 Å². The molecule has 1 aromatic heterocycles. The summed E-state index contributed by atoms with van der Waals surface area (Å²) in [5, 5.41) is 4.72. The van der Waals surface area contributed by atoms with E-state index in [1.807, 2.05) is 13.0 Å². The Bertz CT molecular complexity index is 553. The standard InChI is InChI=1S/C15H20N2O/c1-3-18-12-4-5-14-13(8-12)10(2)15(17-14)11-6-7-16-9-11/h4-5,8,11,16-17H,3,6-7,9H2,1-2H3. The minimum atomic E-state index is 0.632. The van der Waals surface area contributed by atoms with Crippen molar-refractivity contribution in [3.63, 3.8) is 0 Å². The molecule has 0 radical (unpaired) electrons. The number of hydrogen-bond acceptors (Lipinski definition) is 2. The van der Waals surface area contributed by atoms with Crippen LogP contribution in [0.5, 0.6) is 5.75 Å². The van der Waals surface area contributed by atoms with Crippen LogP contribution in [-0.4, -0.2) is 24.7 Å². The van der Waals surface area contributed by atoms with E-state index in [9.17, 15) is 0 Å². The molecule has 1 aliphatic heterocycles. The van der Waals surface area contributed by atoms with E-state index in [-0.39, 0.29) is 0 Å². The second-order valence-corrected chi connectivity index (χ2v) is 4.99. The summed E-state index contributed by atoms with van der Waals surface area (Å²) in [6.45, 7) is 7.16. The minimum absolute atomic E-state index is 0.632. The number of aromatic amines is 1. The van der Waals surface area contributed by atoms with Crippen LogP contribution in [-0.2, 0) is 0 Å². The van der Waals surface area contributed by atoms with Gasteiger partial charge in [-0.3, -0.25) is 0 Å². The summed E-state index contributed by atoms with van der Waals surface area (Å²) in [5.41, 5.74) is 3.99. The average molecular weight is 244 g/mol. The van der Waals surface area contributed by atoms with Gasteiger partial charge in [0.1, 0.15) is 5.75 Å². The highest BCUT2D eigenvalue weighted by molar-refractivity contribution is 5.86. The molecule has 96 valence electrons. The maximum absolute atomic E-state index is 5.58.